The Morgan fingerprint density at radius 2 is 1.50 bits per heavy atom. The molecule has 0 fully saturated rings. The quantitative estimate of drug-likeness (QED) is 0.371. The van der Waals surface area contributed by atoms with Crippen LogP contribution in [-0.2, 0) is 4.79 Å². The summed E-state index contributed by atoms with van der Waals surface area (Å²) >= 11 is 0. The van der Waals surface area contributed by atoms with Crippen molar-refractivity contribution in [2.75, 3.05) is 0 Å². The van der Waals surface area contributed by atoms with Crippen molar-refractivity contribution in [2.24, 2.45) is 0 Å². The van der Waals surface area contributed by atoms with Gasteiger partial charge in [-0.25, -0.2) is 0 Å². The van der Waals surface area contributed by atoms with Crippen LogP contribution in [0.15, 0.2) is 66.4 Å². The van der Waals surface area contributed by atoms with E-state index in [1.54, 1.807) is 18.2 Å². The van der Waals surface area contributed by atoms with Crippen LogP contribution in [0.5, 0.6) is 11.5 Å². The highest BCUT2D eigenvalue weighted by Crippen LogP contribution is 2.20. The molecule has 0 saturated carbocycles. The molecule has 0 bridgehead atoms. The maximum absolute atomic E-state index is 11.8. The molecule has 0 amide bonds. The fraction of sp³-hybridized carbons (Fsp3) is 0.105. The predicted octanol–water partition coefficient (Wildman–Crippen LogP) is 3.25. The second kappa shape index (κ2) is 7.99. The van der Waals surface area contributed by atoms with Crippen LogP contribution in [0.1, 0.15) is 23.7 Å². The number of hydrogen-bond acceptors (Lipinski definition) is 5. The van der Waals surface area contributed by atoms with E-state index in [0.29, 0.717) is 5.56 Å². The molecule has 0 aliphatic carbocycles. The van der Waals surface area contributed by atoms with Gasteiger partial charge in [0, 0.05) is 12.5 Å². The number of phenolic OH excluding ortho intramolecular Hbond substituents is 2. The van der Waals surface area contributed by atoms with Gasteiger partial charge in [-0.2, -0.15) is 0 Å². The molecular weight excluding hydrogens is 308 g/mol. The minimum atomic E-state index is -1.01. The Kier molecular flexibility index (Phi) is 5.76. The Bertz CT molecular complexity index is 742. The van der Waals surface area contributed by atoms with Crippen molar-refractivity contribution in [1.29, 1.82) is 0 Å². The van der Waals surface area contributed by atoms with E-state index in [9.17, 15) is 25.2 Å². The van der Waals surface area contributed by atoms with E-state index in [2.05, 4.69) is 0 Å². The number of ketones is 1. The van der Waals surface area contributed by atoms with Crippen molar-refractivity contribution in [3.8, 4) is 11.5 Å². The third-order valence-electron chi connectivity index (χ3n) is 3.32. The number of phenols is 2. The van der Waals surface area contributed by atoms with Gasteiger partial charge in [0.1, 0.15) is 17.3 Å². The van der Waals surface area contributed by atoms with Gasteiger partial charge in [-0.3, -0.25) is 4.79 Å². The third kappa shape index (κ3) is 5.30. The number of benzene rings is 2. The highest BCUT2D eigenvalue weighted by atomic mass is 16.3. The summed E-state index contributed by atoms with van der Waals surface area (Å²) in [5, 5.41) is 38.1. The zero-order valence-corrected chi connectivity index (χ0v) is 12.8. The summed E-state index contributed by atoms with van der Waals surface area (Å²) in [6, 6.07) is 12.3. The van der Waals surface area contributed by atoms with Crippen molar-refractivity contribution in [1.82, 2.24) is 0 Å². The smallest absolute Gasteiger partial charge is 0.162 e. The Balaban J connectivity index is 1.95. The van der Waals surface area contributed by atoms with E-state index in [1.165, 1.54) is 42.5 Å². The van der Waals surface area contributed by atoms with Crippen LogP contribution < -0.4 is 0 Å². The molecule has 0 radical (unpaired) electrons. The first-order valence-electron chi connectivity index (χ1n) is 7.31. The molecule has 24 heavy (non-hydrogen) atoms. The SMILES string of the molecule is O=C(/C=C(O)/C=C/c1ccc(O)cc1)C[C@@H](O)c1ccc(O)cc1. The maximum atomic E-state index is 11.8. The molecule has 124 valence electrons. The van der Waals surface area contributed by atoms with Crippen LogP contribution >= 0.6 is 0 Å². The lowest BCUT2D eigenvalue weighted by molar-refractivity contribution is -0.116. The average Bonchev–Trinajstić information content (AvgIpc) is 2.54. The van der Waals surface area contributed by atoms with Crippen molar-refractivity contribution < 1.29 is 25.2 Å². The largest absolute Gasteiger partial charge is 0.508 e. The van der Waals surface area contributed by atoms with Crippen LogP contribution in [0.2, 0.25) is 0 Å². The minimum Gasteiger partial charge on any atom is -0.508 e. The summed E-state index contributed by atoms with van der Waals surface area (Å²) in [6.07, 6.45) is 2.80. The molecule has 2 rings (SSSR count). The average molecular weight is 326 g/mol. The van der Waals surface area contributed by atoms with E-state index in [-0.39, 0.29) is 23.7 Å². The molecule has 0 saturated heterocycles. The molecule has 4 N–H and O–H groups in total. The van der Waals surface area contributed by atoms with E-state index in [0.717, 1.165) is 11.6 Å². The number of aromatic hydroxyl groups is 2. The molecule has 1 atom stereocenters. The molecular formula is C19H18O5. The van der Waals surface area contributed by atoms with Gasteiger partial charge >= 0.3 is 0 Å². The van der Waals surface area contributed by atoms with Crippen molar-refractivity contribution in [3.05, 3.63) is 77.6 Å². The Hall–Kier alpha value is -3.05. The number of aliphatic hydroxyl groups is 2. The van der Waals surface area contributed by atoms with Crippen molar-refractivity contribution in [3.63, 3.8) is 0 Å². The molecule has 0 spiro atoms. The zero-order valence-electron chi connectivity index (χ0n) is 12.8. The van der Waals surface area contributed by atoms with E-state index >= 15 is 0 Å². The van der Waals surface area contributed by atoms with Crippen LogP contribution in [0, 0.1) is 0 Å². The maximum Gasteiger partial charge on any atom is 0.162 e. The molecule has 2 aromatic carbocycles. The number of carbonyl (C=O) groups is 1. The fourth-order valence-electron chi connectivity index (χ4n) is 2.04. The summed E-state index contributed by atoms with van der Waals surface area (Å²) in [6.45, 7) is 0. The van der Waals surface area contributed by atoms with Gasteiger partial charge in [0.15, 0.2) is 5.78 Å². The van der Waals surface area contributed by atoms with Crippen LogP contribution in [0.3, 0.4) is 0 Å². The lowest BCUT2D eigenvalue weighted by atomic mass is 10.0. The highest BCUT2D eigenvalue weighted by molar-refractivity contribution is 5.91. The van der Waals surface area contributed by atoms with E-state index in [1.807, 2.05) is 0 Å². The predicted molar refractivity (Wildman–Crippen MR) is 90.5 cm³/mol. The monoisotopic (exact) mass is 326 g/mol. The second-order valence-corrected chi connectivity index (χ2v) is 5.27. The van der Waals surface area contributed by atoms with Gasteiger partial charge in [0.05, 0.1) is 6.10 Å². The Morgan fingerprint density at radius 1 is 0.958 bits per heavy atom. The fourth-order valence-corrected chi connectivity index (χ4v) is 2.04. The Labute approximate surface area is 139 Å². The van der Waals surface area contributed by atoms with Gasteiger partial charge in [-0.05, 0) is 41.5 Å². The number of allylic oxidation sites excluding steroid dienone is 2. The molecule has 0 aliphatic heterocycles. The summed E-state index contributed by atoms with van der Waals surface area (Å²) in [5.74, 6) is -0.436. The molecule has 0 heterocycles. The summed E-state index contributed by atoms with van der Waals surface area (Å²) in [4.78, 5) is 11.8. The lowest BCUT2D eigenvalue weighted by Crippen LogP contribution is -2.04. The number of aliphatic hydroxyl groups excluding tert-OH is 2. The highest BCUT2D eigenvalue weighted by Gasteiger charge is 2.12. The first-order chi connectivity index (χ1) is 11.4. The van der Waals surface area contributed by atoms with Crippen molar-refractivity contribution in [2.45, 2.75) is 12.5 Å². The van der Waals surface area contributed by atoms with E-state index in [4.69, 9.17) is 0 Å². The summed E-state index contributed by atoms with van der Waals surface area (Å²) in [7, 11) is 0. The zero-order chi connectivity index (χ0) is 17.5. The summed E-state index contributed by atoms with van der Waals surface area (Å²) in [5.41, 5.74) is 1.26. The molecule has 5 heteroatoms. The van der Waals surface area contributed by atoms with Gasteiger partial charge in [0.2, 0.25) is 0 Å². The lowest BCUT2D eigenvalue weighted by Gasteiger charge is -2.08. The normalized spacial score (nSPS) is 13.1. The summed E-state index contributed by atoms with van der Waals surface area (Å²) < 4.78 is 0. The van der Waals surface area contributed by atoms with Crippen LogP contribution in [-0.4, -0.2) is 26.2 Å². The molecule has 5 nitrogen and oxygen atoms in total. The topological polar surface area (TPSA) is 98.0 Å². The van der Waals surface area contributed by atoms with Crippen molar-refractivity contribution >= 4 is 11.9 Å². The van der Waals surface area contributed by atoms with Gasteiger partial charge < -0.3 is 20.4 Å². The first-order valence-corrected chi connectivity index (χ1v) is 7.31. The standard InChI is InChI=1S/C19H18O5/c20-15-6-1-13(2-7-15)3-8-17(22)11-18(23)12-19(24)14-4-9-16(21)10-5-14/h1-11,19-22,24H,12H2/b8-3+,17-11-/t19-/m1/s1. The molecule has 0 unspecified atom stereocenters. The first kappa shape index (κ1) is 17.3. The minimum absolute atomic E-state index is 0.0779. The second-order valence-electron chi connectivity index (χ2n) is 5.27. The number of hydrogen-bond donors (Lipinski definition) is 4. The number of carbonyl (C=O) groups excluding carboxylic acids is 1. The molecule has 0 aliphatic rings. The van der Waals surface area contributed by atoms with E-state index < -0.39 is 11.9 Å². The van der Waals surface area contributed by atoms with Gasteiger partial charge in [-0.1, -0.05) is 30.3 Å². The molecule has 0 aromatic heterocycles. The van der Waals surface area contributed by atoms with Gasteiger partial charge in [-0.15, -0.1) is 0 Å². The van der Waals surface area contributed by atoms with Crippen LogP contribution in [0.4, 0.5) is 0 Å². The molecule has 2 aromatic rings. The van der Waals surface area contributed by atoms with Crippen LogP contribution in [0.25, 0.3) is 6.08 Å². The van der Waals surface area contributed by atoms with Gasteiger partial charge in [0.25, 0.3) is 0 Å². The number of rotatable bonds is 6. The third-order valence-corrected chi connectivity index (χ3v) is 3.32. The Morgan fingerprint density at radius 3 is 2.08 bits per heavy atom.